The first-order valence-electron chi connectivity index (χ1n) is 5.60. The van der Waals surface area contributed by atoms with E-state index >= 15 is 0 Å². The topological polar surface area (TPSA) is 63.3 Å². The van der Waals surface area contributed by atoms with E-state index in [2.05, 4.69) is 0 Å². The molecule has 1 amide bonds. The maximum absolute atomic E-state index is 13.8. The molecule has 2 aromatic carbocycles. The normalized spacial score (nSPS) is 13.8. The minimum absolute atomic E-state index is 0.114. The van der Waals surface area contributed by atoms with Gasteiger partial charge in [-0.2, -0.15) is 0 Å². The van der Waals surface area contributed by atoms with Gasteiger partial charge in [0.05, 0.1) is 5.56 Å². The molecule has 0 saturated heterocycles. The summed E-state index contributed by atoms with van der Waals surface area (Å²) < 4.78 is 40.5. The predicted molar refractivity (Wildman–Crippen MR) is 65.0 cm³/mol. The third-order valence-corrected chi connectivity index (χ3v) is 2.92. The van der Waals surface area contributed by atoms with Crippen molar-refractivity contribution >= 4 is 5.91 Å². The summed E-state index contributed by atoms with van der Waals surface area (Å²) in [7, 11) is 0. The molecule has 0 fully saturated rings. The first-order valence-corrected chi connectivity index (χ1v) is 5.60. The molecular formula is C14H10F3NO2. The number of carbonyl (C=O) groups excluding carboxylic acids is 1. The first-order chi connectivity index (χ1) is 9.37. The Kier molecular flexibility index (Phi) is 3.50. The molecule has 0 aliphatic rings. The number of aliphatic hydroxyl groups is 1. The molecule has 0 spiro atoms. The van der Waals surface area contributed by atoms with Crippen LogP contribution in [0.2, 0.25) is 0 Å². The van der Waals surface area contributed by atoms with Gasteiger partial charge in [0, 0.05) is 12.1 Å². The van der Waals surface area contributed by atoms with Gasteiger partial charge in [-0.1, -0.05) is 30.3 Å². The van der Waals surface area contributed by atoms with Crippen LogP contribution in [0.3, 0.4) is 0 Å². The summed E-state index contributed by atoms with van der Waals surface area (Å²) in [5, 5.41) is 10.4. The van der Waals surface area contributed by atoms with Gasteiger partial charge in [-0.3, -0.25) is 4.79 Å². The summed E-state index contributed by atoms with van der Waals surface area (Å²) in [4.78, 5) is 11.6. The van der Waals surface area contributed by atoms with Crippen LogP contribution in [0, 0.1) is 17.5 Å². The molecule has 1 unspecified atom stereocenters. The zero-order valence-corrected chi connectivity index (χ0v) is 10.1. The van der Waals surface area contributed by atoms with E-state index in [4.69, 9.17) is 5.73 Å². The highest BCUT2D eigenvalue weighted by molar-refractivity contribution is 5.88. The maximum atomic E-state index is 13.8. The number of rotatable bonds is 3. The molecule has 0 aromatic heterocycles. The molecular weight excluding hydrogens is 271 g/mol. The molecule has 0 aliphatic heterocycles. The van der Waals surface area contributed by atoms with Crippen LogP contribution in [0.15, 0.2) is 42.5 Å². The fourth-order valence-electron chi connectivity index (χ4n) is 1.98. The molecule has 3 N–H and O–H groups in total. The summed E-state index contributed by atoms with van der Waals surface area (Å²) in [6.07, 6.45) is 0. The summed E-state index contributed by atoms with van der Waals surface area (Å²) in [6.45, 7) is 0. The van der Waals surface area contributed by atoms with Crippen LogP contribution in [-0.2, 0) is 10.4 Å². The van der Waals surface area contributed by atoms with Gasteiger partial charge >= 0.3 is 0 Å². The second-order valence-electron chi connectivity index (χ2n) is 4.19. The van der Waals surface area contributed by atoms with E-state index in [0.29, 0.717) is 12.1 Å². The van der Waals surface area contributed by atoms with Gasteiger partial charge in [0.1, 0.15) is 17.5 Å². The number of amides is 1. The van der Waals surface area contributed by atoms with Gasteiger partial charge in [0.2, 0.25) is 0 Å². The summed E-state index contributed by atoms with van der Waals surface area (Å²) in [5.74, 6) is -5.32. The van der Waals surface area contributed by atoms with Gasteiger partial charge in [-0.25, -0.2) is 13.2 Å². The molecule has 0 saturated carbocycles. The zero-order valence-electron chi connectivity index (χ0n) is 10.1. The molecule has 0 heterocycles. The van der Waals surface area contributed by atoms with Crippen molar-refractivity contribution in [1.29, 1.82) is 0 Å². The average Bonchev–Trinajstić information content (AvgIpc) is 2.38. The van der Waals surface area contributed by atoms with Crippen molar-refractivity contribution in [3.05, 3.63) is 71.0 Å². The Balaban J connectivity index is 2.76. The molecule has 104 valence electrons. The highest BCUT2D eigenvalue weighted by Crippen LogP contribution is 2.33. The highest BCUT2D eigenvalue weighted by atomic mass is 19.1. The molecule has 0 radical (unpaired) electrons. The van der Waals surface area contributed by atoms with Crippen LogP contribution in [0.25, 0.3) is 0 Å². The van der Waals surface area contributed by atoms with Crippen LogP contribution >= 0.6 is 0 Å². The molecule has 1 atom stereocenters. The van der Waals surface area contributed by atoms with Crippen LogP contribution in [-0.4, -0.2) is 11.0 Å². The van der Waals surface area contributed by atoms with Crippen molar-refractivity contribution in [2.24, 2.45) is 5.73 Å². The molecule has 6 heteroatoms. The molecule has 0 bridgehead atoms. The van der Waals surface area contributed by atoms with Crippen molar-refractivity contribution in [3.63, 3.8) is 0 Å². The third-order valence-electron chi connectivity index (χ3n) is 2.92. The van der Waals surface area contributed by atoms with E-state index in [1.54, 1.807) is 6.07 Å². The lowest BCUT2D eigenvalue weighted by Gasteiger charge is -2.26. The Morgan fingerprint density at radius 1 is 1.05 bits per heavy atom. The van der Waals surface area contributed by atoms with E-state index in [1.807, 2.05) is 0 Å². The van der Waals surface area contributed by atoms with Gasteiger partial charge in [0.25, 0.3) is 5.91 Å². The predicted octanol–water partition coefficient (Wildman–Crippen LogP) is 1.83. The Bertz CT molecular complexity index is 638. The monoisotopic (exact) mass is 281 g/mol. The molecule has 2 aromatic rings. The number of halogens is 3. The molecule has 0 aliphatic carbocycles. The highest BCUT2D eigenvalue weighted by Gasteiger charge is 2.43. The Hall–Kier alpha value is -2.34. The summed E-state index contributed by atoms with van der Waals surface area (Å²) in [6, 6.07) is 7.82. The summed E-state index contributed by atoms with van der Waals surface area (Å²) in [5.41, 5.74) is 1.26. The number of hydrogen-bond acceptors (Lipinski definition) is 2. The first kappa shape index (κ1) is 14.1. The Morgan fingerprint density at radius 2 is 1.55 bits per heavy atom. The number of carbonyl (C=O) groups is 1. The van der Waals surface area contributed by atoms with E-state index in [9.17, 15) is 23.1 Å². The van der Waals surface area contributed by atoms with Crippen LogP contribution in [0.4, 0.5) is 13.2 Å². The van der Waals surface area contributed by atoms with Crippen molar-refractivity contribution in [3.8, 4) is 0 Å². The quantitative estimate of drug-likeness (QED) is 0.901. The van der Waals surface area contributed by atoms with Gasteiger partial charge in [-0.15, -0.1) is 0 Å². The van der Waals surface area contributed by atoms with Gasteiger partial charge < -0.3 is 10.8 Å². The maximum Gasteiger partial charge on any atom is 0.259 e. The number of benzene rings is 2. The zero-order chi connectivity index (χ0) is 14.9. The van der Waals surface area contributed by atoms with E-state index in [0.717, 1.165) is 0 Å². The third kappa shape index (κ3) is 2.14. The Morgan fingerprint density at radius 3 is 2.00 bits per heavy atom. The molecule has 20 heavy (non-hydrogen) atoms. The van der Waals surface area contributed by atoms with Crippen LogP contribution < -0.4 is 5.73 Å². The smallest absolute Gasteiger partial charge is 0.259 e. The standard InChI is InChI=1S/C14H10F3NO2/c15-9-6-10(16)12(11(17)7-9)14(20,13(18)19)8-4-2-1-3-5-8/h1-7,20H,(H2,18,19). The van der Waals surface area contributed by atoms with Crippen molar-refractivity contribution < 1.29 is 23.1 Å². The van der Waals surface area contributed by atoms with Crippen molar-refractivity contribution in [1.82, 2.24) is 0 Å². The fraction of sp³-hybridized carbons (Fsp3) is 0.0714. The molecule has 2 rings (SSSR count). The second kappa shape index (κ2) is 4.97. The summed E-state index contributed by atoms with van der Waals surface area (Å²) >= 11 is 0. The Labute approximate surface area is 112 Å². The van der Waals surface area contributed by atoms with Crippen LogP contribution in [0.5, 0.6) is 0 Å². The fourth-order valence-corrected chi connectivity index (χ4v) is 1.98. The number of primary amides is 1. The largest absolute Gasteiger partial charge is 0.372 e. The van der Waals surface area contributed by atoms with Crippen molar-refractivity contribution in [2.45, 2.75) is 5.60 Å². The lowest BCUT2D eigenvalue weighted by molar-refractivity contribution is -0.133. The van der Waals surface area contributed by atoms with Crippen LogP contribution in [0.1, 0.15) is 11.1 Å². The average molecular weight is 281 g/mol. The second-order valence-corrected chi connectivity index (χ2v) is 4.19. The lowest BCUT2D eigenvalue weighted by Crippen LogP contribution is -2.43. The number of nitrogens with two attached hydrogens (primary N) is 1. The van der Waals surface area contributed by atoms with Crippen molar-refractivity contribution in [2.75, 3.05) is 0 Å². The SMILES string of the molecule is NC(=O)C(O)(c1ccccc1)c1c(F)cc(F)cc1F. The minimum atomic E-state index is -2.72. The van der Waals surface area contributed by atoms with Gasteiger partial charge in [-0.05, 0) is 5.56 Å². The van der Waals surface area contributed by atoms with E-state index in [-0.39, 0.29) is 5.56 Å². The minimum Gasteiger partial charge on any atom is -0.372 e. The van der Waals surface area contributed by atoms with Gasteiger partial charge in [0.15, 0.2) is 5.60 Å². The lowest BCUT2D eigenvalue weighted by atomic mass is 9.85. The van der Waals surface area contributed by atoms with E-state index < -0.39 is 34.5 Å². The number of hydrogen-bond donors (Lipinski definition) is 2. The van der Waals surface area contributed by atoms with E-state index in [1.165, 1.54) is 24.3 Å². The molecule has 3 nitrogen and oxygen atoms in total.